The van der Waals surface area contributed by atoms with E-state index < -0.39 is 17.5 Å². The summed E-state index contributed by atoms with van der Waals surface area (Å²) < 4.78 is 36.8. The number of hydrogen-bond donors (Lipinski definition) is 1. The zero-order chi connectivity index (χ0) is 19.4. The average Bonchev–Trinajstić information content (AvgIpc) is 3.28. The molecular formula is C17H16F2N4O3S. The van der Waals surface area contributed by atoms with Crippen molar-refractivity contribution in [3.63, 3.8) is 0 Å². The van der Waals surface area contributed by atoms with Crippen LogP contribution in [0.2, 0.25) is 0 Å². The molecule has 1 atom stereocenters. The first kappa shape index (κ1) is 19.1. The van der Waals surface area contributed by atoms with Gasteiger partial charge in [-0.1, -0.05) is 12.1 Å². The molecule has 2 heterocycles. The Morgan fingerprint density at radius 1 is 1.33 bits per heavy atom. The Morgan fingerprint density at radius 2 is 2.07 bits per heavy atom. The van der Waals surface area contributed by atoms with E-state index in [9.17, 15) is 13.6 Å². The number of ether oxygens (including phenoxy) is 1. The molecule has 1 N–H and O–H groups in total. The molecule has 27 heavy (non-hydrogen) atoms. The highest BCUT2D eigenvalue weighted by Crippen LogP contribution is 2.27. The molecule has 7 nitrogen and oxygen atoms in total. The molecule has 2 aromatic heterocycles. The van der Waals surface area contributed by atoms with Crippen molar-refractivity contribution in [1.82, 2.24) is 20.4 Å². The van der Waals surface area contributed by atoms with Gasteiger partial charge in [0.25, 0.3) is 11.8 Å². The highest BCUT2D eigenvalue weighted by atomic mass is 32.1. The average molecular weight is 394 g/mol. The van der Waals surface area contributed by atoms with E-state index in [0.29, 0.717) is 30.1 Å². The van der Waals surface area contributed by atoms with Gasteiger partial charge in [-0.3, -0.25) is 4.79 Å². The van der Waals surface area contributed by atoms with Gasteiger partial charge in [0.15, 0.2) is 5.82 Å². The summed E-state index contributed by atoms with van der Waals surface area (Å²) in [6.45, 7) is 2.29. The van der Waals surface area contributed by atoms with Crippen LogP contribution < -0.4 is 5.32 Å². The number of nitrogens with one attached hydrogen (secondary N) is 1. The Labute approximate surface area is 157 Å². The molecule has 0 aliphatic rings. The van der Waals surface area contributed by atoms with Gasteiger partial charge in [-0.05, 0) is 12.1 Å². The van der Waals surface area contributed by atoms with Gasteiger partial charge in [0.05, 0.1) is 17.8 Å². The lowest BCUT2D eigenvalue weighted by atomic mass is 10.1. The lowest BCUT2D eigenvalue weighted by molar-refractivity contribution is 0.0950. The highest BCUT2D eigenvalue weighted by Gasteiger charge is 2.20. The van der Waals surface area contributed by atoms with Crippen molar-refractivity contribution in [1.29, 1.82) is 0 Å². The van der Waals surface area contributed by atoms with Crippen LogP contribution in [0.5, 0.6) is 0 Å². The summed E-state index contributed by atoms with van der Waals surface area (Å²) >= 11 is 1.36. The second-order valence-electron chi connectivity index (χ2n) is 5.79. The predicted octanol–water partition coefficient (Wildman–Crippen LogP) is 3.15. The Balaban J connectivity index is 1.65. The fraction of sp³-hybridized carbons (Fsp3) is 0.294. The monoisotopic (exact) mass is 394 g/mol. The number of aromatic nitrogens is 3. The Hall–Kier alpha value is -2.72. The molecule has 0 bridgehead atoms. The smallest absolute Gasteiger partial charge is 0.270 e. The largest absolute Gasteiger partial charge is 0.378 e. The maximum Gasteiger partial charge on any atom is 0.270 e. The third-order valence-electron chi connectivity index (χ3n) is 3.69. The van der Waals surface area contributed by atoms with Crippen molar-refractivity contribution in [3.05, 3.63) is 52.4 Å². The van der Waals surface area contributed by atoms with E-state index in [-0.39, 0.29) is 18.0 Å². The molecule has 3 aromatic rings. The van der Waals surface area contributed by atoms with Crippen LogP contribution in [0.15, 0.2) is 28.2 Å². The normalized spacial score (nSPS) is 12.1. The molecule has 1 unspecified atom stereocenters. The van der Waals surface area contributed by atoms with Crippen LogP contribution in [0.3, 0.4) is 0 Å². The van der Waals surface area contributed by atoms with Gasteiger partial charge >= 0.3 is 0 Å². The zero-order valence-electron chi connectivity index (χ0n) is 14.5. The molecule has 1 aromatic carbocycles. The van der Waals surface area contributed by atoms with E-state index in [1.807, 2.05) is 0 Å². The number of methoxy groups -OCH3 is 1. The van der Waals surface area contributed by atoms with Gasteiger partial charge in [-0.25, -0.2) is 13.8 Å². The third-order valence-corrected chi connectivity index (χ3v) is 4.55. The fourth-order valence-corrected chi connectivity index (χ4v) is 3.05. The second-order valence-corrected chi connectivity index (χ2v) is 6.64. The van der Waals surface area contributed by atoms with Crippen LogP contribution in [0, 0.1) is 11.6 Å². The molecule has 0 aliphatic heterocycles. The van der Waals surface area contributed by atoms with E-state index in [4.69, 9.17) is 9.26 Å². The molecule has 0 spiro atoms. The van der Waals surface area contributed by atoms with E-state index in [1.54, 1.807) is 19.5 Å². The van der Waals surface area contributed by atoms with E-state index >= 15 is 0 Å². The number of carbonyl (C=O) groups excluding carboxylic acids is 1. The fourth-order valence-electron chi connectivity index (χ4n) is 2.33. The summed E-state index contributed by atoms with van der Waals surface area (Å²) in [6.07, 6.45) is 0. The number of rotatable bonds is 7. The van der Waals surface area contributed by atoms with Crippen LogP contribution in [0.25, 0.3) is 10.8 Å². The van der Waals surface area contributed by atoms with Gasteiger partial charge in [0.1, 0.15) is 16.5 Å². The van der Waals surface area contributed by atoms with Crippen LogP contribution in [0.1, 0.15) is 34.7 Å². The molecule has 0 fully saturated rings. The van der Waals surface area contributed by atoms with Crippen LogP contribution >= 0.6 is 11.3 Å². The summed E-state index contributed by atoms with van der Waals surface area (Å²) in [6, 6.07) is 2.64. The summed E-state index contributed by atoms with van der Waals surface area (Å²) in [7, 11) is 1.57. The number of halogens is 2. The SMILES string of the molecule is COCc1ncsc1-c1nc(C(C)CNC(=O)c2cc(F)cc(F)c2)no1. The number of amides is 1. The minimum Gasteiger partial charge on any atom is -0.378 e. The molecule has 142 valence electrons. The second kappa shape index (κ2) is 8.31. The number of benzene rings is 1. The van der Waals surface area contributed by atoms with E-state index in [1.165, 1.54) is 11.3 Å². The molecule has 0 saturated carbocycles. The number of hydrogen-bond acceptors (Lipinski definition) is 7. The highest BCUT2D eigenvalue weighted by molar-refractivity contribution is 7.13. The minimum absolute atomic E-state index is 0.0950. The summed E-state index contributed by atoms with van der Waals surface area (Å²) in [5.41, 5.74) is 2.27. The minimum atomic E-state index is -0.813. The van der Waals surface area contributed by atoms with Crippen LogP contribution in [-0.2, 0) is 11.3 Å². The summed E-state index contributed by atoms with van der Waals surface area (Å²) in [4.78, 5) is 21.3. The standard InChI is InChI=1S/C17H16F2N4O3S/c1-9(6-20-16(24)10-3-11(18)5-12(19)4-10)15-22-17(26-23-15)14-13(7-25-2)21-8-27-14/h3-5,8-9H,6-7H2,1-2H3,(H,20,24). The number of thiazole rings is 1. The van der Waals surface area contributed by atoms with Crippen LogP contribution in [0.4, 0.5) is 8.78 Å². The van der Waals surface area contributed by atoms with Crippen molar-refractivity contribution in [2.45, 2.75) is 19.4 Å². The molecule has 3 rings (SSSR count). The first-order valence-corrected chi connectivity index (χ1v) is 8.85. The van der Waals surface area contributed by atoms with Gasteiger partial charge in [0, 0.05) is 31.2 Å². The lowest BCUT2D eigenvalue weighted by Gasteiger charge is -2.09. The quantitative estimate of drug-likeness (QED) is 0.662. The molecule has 0 aliphatic carbocycles. The number of carbonyl (C=O) groups is 1. The van der Waals surface area contributed by atoms with Crippen molar-refractivity contribution < 1.29 is 22.8 Å². The Morgan fingerprint density at radius 3 is 2.78 bits per heavy atom. The molecule has 0 radical (unpaired) electrons. The number of nitrogens with zero attached hydrogens (tertiary/aromatic N) is 3. The maximum absolute atomic E-state index is 13.2. The molecular weight excluding hydrogens is 378 g/mol. The van der Waals surface area contributed by atoms with Gasteiger partial charge in [-0.2, -0.15) is 4.98 Å². The Kier molecular flexibility index (Phi) is 5.87. The summed E-state index contributed by atoms with van der Waals surface area (Å²) in [5, 5.41) is 6.54. The van der Waals surface area contributed by atoms with Crippen molar-refractivity contribution in [2.24, 2.45) is 0 Å². The Bertz CT molecular complexity index is 924. The van der Waals surface area contributed by atoms with Crippen molar-refractivity contribution in [3.8, 4) is 10.8 Å². The zero-order valence-corrected chi connectivity index (χ0v) is 15.3. The van der Waals surface area contributed by atoms with E-state index in [2.05, 4.69) is 20.4 Å². The topological polar surface area (TPSA) is 90.1 Å². The first-order valence-electron chi connectivity index (χ1n) is 7.97. The van der Waals surface area contributed by atoms with E-state index in [0.717, 1.165) is 17.0 Å². The molecule has 10 heteroatoms. The maximum atomic E-state index is 13.2. The van der Waals surface area contributed by atoms with Gasteiger partial charge < -0.3 is 14.6 Å². The van der Waals surface area contributed by atoms with Gasteiger partial charge in [0.2, 0.25) is 0 Å². The van der Waals surface area contributed by atoms with Crippen molar-refractivity contribution in [2.75, 3.05) is 13.7 Å². The summed E-state index contributed by atoms with van der Waals surface area (Å²) in [5.74, 6) is -1.77. The molecule has 1 amide bonds. The first-order chi connectivity index (χ1) is 13.0. The van der Waals surface area contributed by atoms with Crippen LogP contribution in [-0.4, -0.2) is 34.7 Å². The van der Waals surface area contributed by atoms with Crippen molar-refractivity contribution >= 4 is 17.2 Å². The predicted molar refractivity (Wildman–Crippen MR) is 93.2 cm³/mol. The lowest BCUT2D eigenvalue weighted by Crippen LogP contribution is -2.28. The third kappa shape index (κ3) is 4.52. The van der Waals surface area contributed by atoms with Gasteiger partial charge in [-0.15, -0.1) is 11.3 Å². The molecule has 0 saturated heterocycles.